The Balaban J connectivity index is 1.65. The number of ether oxygens (including phenoxy) is 2. The normalized spacial score (nSPS) is 17.4. The third-order valence-corrected chi connectivity index (χ3v) is 6.14. The fourth-order valence-corrected chi connectivity index (χ4v) is 4.00. The van der Waals surface area contributed by atoms with Gasteiger partial charge in [-0.2, -0.15) is 0 Å². The number of pyridine rings is 1. The van der Waals surface area contributed by atoms with Crippen molar-refractivity contribution in [2.24, 2.45) is 0 Å². The van der Waals surface area contributed by atoms with E-state index in [1.54, 1.807) is 38.7 Å². The topological polar surface area (TPSA) is 80.8 Å². The first-order chi connectivity index (χ1) is 14.3. The predicted molar refractivity (Wildman–Crippen MR) is 112 cm³/mol. The van der Waals surface area contributed by atoms with Crippen LogP contribution >= 0.6 is 0 Å². The first-order valence-corrected chi connectivity index (χ1v) is 10.1. The van der Waals surface area contributed by atoms with Crippen molar-refractivity contribution in [2.45, 2.75) is 43.9 Å². The zero-order chi connectivity index (χ0) is 21.5. The Bertz CT molecular complexity index is 966. The number of amides is 2. The lowest BCUT2D eigenvalue weighted by Crippen LogP contribution is -2.47. The van der Waals surface area contributed by atoms with Crippen LogP contribution in [0.4, 0.5) is 5.69 Å². The zero-order valence-corrected chi connectivity index (χ0v) is 17.8. The summed E-state index contributed by atoms with van der Waals surface area (Å²) in [5, 5.41) is 2.90. The summed E-state index contributed by atoms with van der Waals surface area (Å²) in [6, 6.07) is 9.26. The Morgan fingerprint density at radius 1 is 1.27 bits per heavy atom. The lowest BCUT2D eigenvalue weighted by atomic mass is 9.86. The van der Waals surface area contributed by atoms with Gasteiger partial charge in [0.05, 0.1) is 12.0 Å². The van der Waals surface area contributed by atoms with Gasteiger partial charge >= 0.3 is 0 Å². The van der Waals surface area contributed by atoms with Crippen LogP contribution in [0.15, 0.2) is 42.7 Å². The highest BCUT2D eigenvalue weighted by Gasteiger charge is 2.43. The molecule has 0 spiro atoms. The zero-order valence-electron chi connectivity index (χ0n) is 17.8. The van der Waals surface area contributed by atoms with Gasteiger partial charge < -0.3 is 19.7 Å². The van der Waals surface area contributed by atoms with E-state index in [1.165, 1.54) is 0 Å². The van der Waals surface area contributed by atoms with E-state index in [-0.39, 0.29) is 24.4 Å². The van der Waals surface area contributed by atoms with E-state index in [9.17, 15) is 9.59 Å². The highest BCUT2D eigenvalue weighted by molar-refractivity contribution is 6.07. The highest BCUT2D eigenvalue weighted by Crippen LogP contribution is 2.39. The molecule has 0 unspecified atom stereocenters. The summed E-state index contributed by atoms with van der Waals surface area (Å²) < 4.78 is 11.5. The Labute approximate surface area is 176 Å². The second-order valence-corrected chi connectivity index (χ2v) is 8.41. The molecule has 1 aliphatic carbocycles. The monoisotopic (exact) mass is 409 g/mol. The number of carbonyl (C=O) groups excluding carboxylic acids is 2. The highest BCUT2D eigenvalue weighted by atomic mass is 16.7. The van der Waals surface area contributed by atoms with Crippen LogP contribution in [0.5, 0.6) is 0 Å². The lowest BCUT2D eigenvalue weighted by molar-refractivity contribution is -0.223. The van der Waals surface area contributed by atoms with Gasteiger partial charge in [-0.05, 0) is 50.5 Å². The van der Waals surface area contributed by atoms with Gasteiger partial charge in [0.1, 0.15) is 0 Å². The fraction of sp³-hybridized carbons (Fsp3) is 0.435. The van der Waals surface area contributed by atoms with Gasteiger partial charge in [-0.3, -0.25) is 14.6 Å². The molecule has 0 atom stereocenters. The molecule has 7 heteroatoms. The summed E-state index contributed by atoms with van der Waals surface area (Å²) in [5.74, 6) is -1.28. The molecule has 1 N–H and O–H groups in total. The molecule has 30 heavy (non-hydrogen) atoms. The molecule has 4 rings (SSSR count). The number of hydrogen-bond acceptors (Lipinski definition) is 5. The third-order valence-electron chi connectivity index (χ3n) is 6.14. The molecule has 2 aliphatic rings. The van der Waals surface area contributed by atoms with Crippen molar-refractivity contribution in [3.63, 3.8) is 0 Å². The van der Waals surface area contributed by atoms with Crippen molar-refractivity contribution in [3.8, 4) is 0 Å². The first-order valence-electron chi connectivity index (χ1n) is 10.1. The number of aromatic nitrogens is 1. The van der Waals surface area contributed by atoms with Crippen LogP contribution in [-0.4, -0.2) is 48.5 Å². The number of carbonyl (C=O) groups is 2. The minimum absolute atomic E-state index is 0.0597. The first kappa shape index (κ1) is 20.5. The fourth-order valence-electron chi connectivity index (χ4n) is 4.00. The Kier molecular flexibility index (Phi) is 5.11. The summed E-state index contributed by atoms with van der Waals surface area (Å²) in [6.45, 7) is 4.00. The molecule has 1 fully saturated rings. The summed E-state index contributed by atoms with van der Waals surface area (Å²) in [6.07, 6.45) is 5.26. The third kappa shape index (κ3) is 3.38. The van der Waals surface area contributed by atoms with Gasteiger partial charge in [0, 0.05) is 49.5 Å². The summed E-state index contributed by atoms with van der Waals surface area (Å²) in [7, 11) is 3.14. The quantitative estimate of drug-likeness (QED) is 0.711. The molecule has 2 amide bonds. The van der Waals surface area contributed by atoms with Gasteiger partial charge in [-0.25, -0.2) is 0 Å². The van der Waals surface area contributed by atoms with Crippen LogP contribution in [-0.2, 0) is 25.5 Å². The van der Waals surface area contributed by atoms with Crippen molar-refractivity contribution < 1.29 is 19.1 Å². The second-order valence-electron chi connectivity index (χ2n) is 8.41. The molecule has 2 heterocycles. The van der Waals surface area contributed by atoms with Crippen molar-refractivity contribution in [1.29, 1.82) is 0 Å². The summed E-state index contributed by atoms with van der Waals surface area (Å²) in [4.78, 5) is 31.7. The van der Waals surface area contributed by atoms with E-state index in [0.29, 0.717) is 11.3 Å². The van der Waals surface area contributed by atoms with Crippen LogP contribution in [0.3, 0.4) is 0 Å². The van der Waals surface area contributed by atoms with E-state index in [0.717, 1.165) is 24.0 Å². The average Bonchev–Trinajstić information content (AvgIpc) is 3.57. The molecule has 0 saturated heterocycles. The molecule has 1 aliphatic heterocycles. The number of fused-ring (bicyclic) bond motifs is 1. The maximum absolute atomic E-state index is 13.5. The van der Waals surface area contributed by atoms with Crippen LogP contribution in [0.1, 0.15) is 48.2 Å². The SMILES string of the molecule is COC(CN(C(=O)c1ccc2c(c1)NC(=O)C2(C)C)C1CC1)(OC)c1cccnc1. The van der Waals surface area contributed by atoms with Gasteiger partial charge in [0.15, 0.2) is 0 Å². The minimum atomic E-state index is -1.11. The van der Waals surface area contributed by atoms with Crippen LogP contribution in [0, 0.1) is 0 Å². The summed E-state index contributed by atoms with van der Waals surface area (Å²) in [5.41, 5.74) is 2.28. The minimum Gasteiger partial charge on any atom is -0.348 e. The van der Waals surface area contributed by atoms with Gasteiger partial charge in [-0.15, -0.1) is 0 Å². The maximum atomic E-state index is 13.5. The summed E-state index contributed by atoms with van der Waals surface area (Å²) >= 11 is 0. The van der Waals surface area contributed by atoms with E-state index in [1.807, 2.05) is 36.9 Å². The second kappa shape index (κ2) is 7.49. The molecule has 0 bridgehead atoms. The van der Waals surface area contributed by atoms with Crippen LogP contribution in [0.25, 0.3) is 0 Å². The number of anilines is 1. The van der Waals surface area contributed by atoms with Crippen molar-refractivity contribution >= 4 is 17.5 Å². The number of benzene rings is 1. The van der Waals surface area contributed by atoms with Gasteiger partial charge in [0.2, 0.25) is 11.7 Å². The largest absolute Gasteiger partial charge is 0.348 e. The van der Waals surface area contributed by atoms with Crippen molar-refractivity contribution in [3.05, 3.63) is 59.4 Å². The number of nitrogens with zero attached hydrogens (tertiary/aromatic N) is 2. The Hall–Kier alpha value is -2.77. The van der Waals surface area contributed by atoms with Gasteiger partial charge in [0.25, 0.3) is 5.91 Å². The van der Waals surface area contributed by atoms with Crippen molar-refractivity contribution in [1.82, 2.24) is 9.88 Å². The molecule has 2 aromatic rings. The van der Waals surface area contributed by atoms with Gasteiger partial charge in [-0.1, -0.05) is 12.1 Å². The van der Waals surface area contributed by atoms with Crippen molar-refractivity contribution in [2.75, 3.05) is 26.1 Å². The molecule has 7 nitrogen and oxygen atoms in total. The standard InChI is InChI=1S/C23H27N3O4/c1-22(2)18-10-7-15(12-19(18)25-21(22)28)20(27)26(17-8-9-17)14-23(29-3,30-4)16-6-5-11-24-13-16/h5-7,10-13,17H,8-9,14H2,1-4H3,(H,25,28). The molecule has 0 radical (unpaired) electrons. The Morgan fingerprint density at radius 2 is 2.00 bits per heavy atom. The molecule has 1 aromatic heterocycles. The molecule has 1 aromatic carbocycles. The average molecular weight is 409 g/mol. The van der Waals surface area contributed by atoms with Crippen LogP contribution in [0.2, 0.25) is 0 Å². The molecular formula is C23H27N3O4. The lowest BCUT2D eigenvalue weighted by Gasteiger charge is -2.36. The number of hydrogen-bond donors (Lipinski definition) is 1. The number of methoxy groups -OCH3 is 2. The molecular weight excluding hydrogens is 382 g/mol. The van der Waals surface area contributed by atoms with E-state index in [4.69, 9.17) is 9.47 Å². The molecule has 158 valence electrons. The predicted octanol–water partition coefficient (Wildman–Crippen LogP) is 3.06. The maximum Gasteiger partial charge on any atom is 0.254 e. The molecule has 1 saturated carbocycles. The number of rotatable bonds is 7. The number of nitrogens with one attached hydrogen (secondary N) is 1. The smallest absolute Gasteiger partial charge is 0.254 e. The van der Waals surface area contributed by atoms with E-state index < -0.39 is 11.2 Å². The van der Waals surface area contributed by atoms with E-state index >= 15 is 0 Å². The van der Waals surface area contributed by atoms with Crippen LogP contribution < -0.4 is 5.32 Å². The van der Waals surface area contributed by atoms with E-state index in [2.05, 4.69) is 10.3 Å². The Morgan fingerprint density at radius 3 is 2.60 bits per heavy atom.